The summed E-state index contributed by atoms with van der Waals surface area (Å²) in [6.45, 7) is 0.279. The summed E-state index contributed by atoms with van der Waals surface area (Å²) in [5, 5.41) is 13.3. The van der Waals surface area contributed by atoms with Crippen molar-refractivity contribution in [2.45, 2.75) is 24.5 Å². The topological polar surface area (TPSA) is 104 Å². The molecule has 0 spiro atoms. The summed E-state index contributed by atoms with van der Waals surface area (Å²) in [6.07, 6.45) is 0.724. The Morgan fingerprint density at radius 1 is 1.36 bits per heavy atom. The second-order valence-corrected chi connectivity index (χ2v) is 5.01. The van der Waals surface area contributed by atoms with Gasteiger partial charge in [-0.15, -0.1) is 0 Å². The number of fused-ring (bicyclic) bond motifs is 1. The number of imidazole rings is 1. The van der Waals surface area contributed by atoms with Crippen molar-refractivity contribution in [3.8, 4) is 0 Å². The van der Waals surface area contributed by atoms with Gasteiger partial charge in [0.1, 0.15) is 30.2 Å². The fourth-order valence-electron chi connectivity index (χ4n) is 2.72. The van der Waals surface area contributed by atoms with Crippen molar-refractivity contribution in [3.05, 3.63) is 12.7 Å². The lowest BCUT2D eigenvalue weighted by Crippen LogP contribution is -2.35. The molecule has 0 aromatic carbocycles. The number of nitrogens with one attached hydrogen (secondary N) is 1. The van der Waals surface area contributed by atoms with Gasteiger partial charge in [0.05, 0.1) is 12.9 Å². The molecule has 9 nitrogen and oxygen atoms in total. The Morgan fingerprint density at radius 3 is 2.86 bits per heavy atom. The first-order valence-electron chi connectivity index (χ1n) is 6.91. The Hall–Kier alpha value is -1.81. The molecule has 1 fully saturated rings. The van der Waals surface area contributed by atoms with E-state index in [0.717, 1.165) is 0 Å². The molecule has 0 saturated carbocycles. The first-order chi connectivity index (χ1) is 10.7. The molecular formula is C13H19N5O4. The van der Waals surface area contributed by atoms with Gasteiger partial charge in [0.15, 0.2) is 17.7 Å². The predicted octanol–water partition coefficient (Wildman–Crippen LogP) is -0.212. The van der Waals surface area contributed by atoms with E-state index in [9.17, 15) is 5.11 Å². The molecule has 0 radical (unpaired) electrons. The SMILES string of the molecule is CNc1ncnc2c1ncn2[C@@H]1O[C@H](COC)[C@@H](O)[C@H]1OC. The Bertz CT molecular complexity index is 648. The lowest BCUT2D eigenvalue weighted by molar-refractivity contribution is -0.0630. The van der Waals surface area contributed by atoms with Gasteiger partial charge >= 0.3 is 0 Å². The van der Waals surface area contributed by atoms with E-state index in [1.165, 1.54) is 13.4 Å². The summed E-state index contributed by atoms with van der Waals surface area (Å²) in [4.78, 5) is 12.7. The van der Waals surface area contributed by atoms with Gasteiger partial charge in [-0.25, -0.2) is 15.0 Å². The van der Waals surface area contributed by atoms with Crippen LogP contribution in [0.2, 0.25) is 0 Å². The van der Waals surface area contributed by atoms with E-state index in [2.05, 4.69) is 20.3 Å². The van der Waals surface area contributed by atoms with Crippen LogP contribution in [0.3, 0.4) is 0 Å². The van der Waals surface area contributed by atoms with Gasteiger partial charge in [-0.2, -0.15) is 0 Å². The third-order valence-electron chi connectivity index (χ3n) is 3.79. The zero-order valence-corrected chi connectivity index (χ0v) is 12.6. The van der Waals surface area contributed by atoms with Crippen LogP contribution in [0.1, 0.15) is 6.23 Å². The molecule has 2 aromatic heterocycles. The number of aliphatic hydroxyl groups is 1. The van der Waals surface area contributed by atoms with Gasteiger partial charge in [0.2, 0.25) is 0 Å². The highest BCUT2D eigenvalue weighted by atomic mass is 16.6. The van der Waals surface area contributed by atoms with Crippen LogP contribution in [0, 0.1) is 0 Å². The van der Waals surface area contributed by atoms with Crippen LogP contribution in [0.4, 0.5) is 5.82 Å². The highest BCUT2D eigenvalue weighted by Gasteiger charge is 2.45. The maximum Gasteiger partial charge on any atom is 0.167 e. The third kappa shape index (κ3) is 2.31. The molecule has 120 valence electrons. The van der Waals surface area contributed by atoms with Crippen LogP contribution in [0.15, 0.2) is 12.7 Å². The highest BCUT2D eigenvalue weighted by molar-refractivity contribution is 5.82. The Labute approximate surface area is 127 Å². The molecule has 3 heterocycles. The maximum absolute atomic E-state index is 10.3. The summed E-state index contributed by atoms with van der Waals surface area (Å²) in [6, 6.07) is 0. The van der Waals surface area contributed by atoms with E-state index in [4.69, 9.17) is 14.2 Å². The zero-order valence-electron chi connectivity index (χ0n) is 12.6. The predicted molar refractivity (Wildman–Crippen MR) is 77.5 cm³/mol. The van der Waals surface area contributed by atoms with Crippen LogP contribution in [0.5, 0.6) is 0 Å². The lowest BCUT2D eigenvalue weighted by Gasteiger charge is -2.19. The third-order valence-corrected chi connectivity index (χ3v) is 3.79. The summed E-state index contributed by atoms with van der Waals surface area (Å²) in [7, 11) is 4.86. The number of ether oxygens (including phenoxy) is 3. The first kappa shape index (κ1) is 15.1. The van der Waals surface area contributed by atoms with Crippen LogP contribution >= 0.6 is 0 Å². The van der Waals surface area contributed by atoms with E-state index in [0.29, 0.717) is 17.0 Å². The average molecular weight is 309 g/mol. The standard InChI is InChI=1S/C13H19N5O4/c1-14-11-8-12(16-5-15-11)18(6-17-8)13-10(21-3)9(19)7(22-13)4-20-2/h5-7,9-10,13,19H,4H2,1-3H3,(H,14,15,16)/t7-,9-,10-,13-/m1/s1. The molecule has 1 aliphatic rings. The molecule has 0 amide bonds. The van der Waals surface area contributed by atoms with Crippen molar-refractivity contribution >= 4 is 17.0 Å². The smallest absolute Gasteiger partial charge is 0.167 e. The Balaban J connectivity index is 1.99. The second-order valence-electron chi connectivity index (χ2n) is 5.01. The molecular weight excluding hydrogens is 290 g/mol. The number of methoxy groups -OCH3 is 2. The molecule has 3 rings (SSSR count). The quantitative estimate of drug-likeness (QED) is 0.782. The van der Waals surface area contributed by atoms with Crippen molar-refractivity contribution in [3.63, 3.8) is 0 Å². The minimum atomic E-state index is -0.794. The van der Waals surface area contributed by atoms with E-state index in [1.54, 1.807) is 25.1 Å². The fraction of sp³-hybridized carbons (Fsp3) is 0.615. The second kappa shape index (κ2) is 6.13. The number of aromatic nitrogens is 4. The van der Waals surface area contributed by atoms with E-state index in [1.807, 2.05) is 0 Å². The molecule has 22 heavy (non-hydrogen) atoms. The number of anilines is 1. The van der Waals surface area contributed by atoms with Crippen molar-refractivity contribution in [1.82, 2.24) is 19.5 Å². The monoisotopic (exact) mass is 309 g/mol. The lowest BCUT2D eigenvalue weighted by atomic mass is 10.1. The number of nitrogens with zero attached hydrogens (tertiary/aromatic N) is 4. The number of hydrogen-bond donors (Lipinski definition) is 2. The van der Waals surface area contributed by atoms with Gasteiger partial charge in [-0.1, -0.05) is 0 Å². The van der Waals surface area contributed by atoms with E-state index < -0.39 is 24.5 Å². The Kier molecular flexibility index (Phi) is 4.21. The van der Waals surface area contributed by atoms with E-state index >= 15 is 0 Å². The average Bonchev–Trinajstić information content (AvgIpc) is 3.09. The summed E-state index contributed by atoms with van der Waals surface area (Å²) in [5.41, 5.74) is 1.24. The van der Waals surface area contributed by atoms with Gasteiger partial charge in [0.25, 0.3) is 0 Å². The summed E-state index contributed by atoms with van der Waals surface area (Å²) >= 11 is 0. The number of hydrogen-bond acceptors (Lipinski definition) is 8. The molecule has 1 saturated heterocycles. The van der Waals surface area contributed by atoms with Gasteiger partial charge in [0, 0.05) is 21.3 Å². The van der Waals surface area contributed by atoms with Gasteiger partial charge in [-0.3, -0.25) is 4.57 Å². The summed E-state index contributed by atoms with van der Waals surface area (Å²) in [5.74, 6) is 0.629. The minimum Gasteiger partial charge on any atom is -0.387 e. The van der Waals surface area contributed by atoms with Crippen LogP contribution in [0.25, 0.3) is 11.2 Å². The van der Waals surface area contributed by atoms with Gasteiger partial charge in [-0.05, 0) is 0 Å². The van der Waals surface area contributed by atoms with Crippen LogP contribution < -0.4 is 5.32 Å². The highest BCUT2D eigenvalue weighted by Crippen LogP contribution is 2.33. The van der Waals surface area contributed by atoms with Crippen molar-refractivity contribution in [1.29, 1.82) is 0 Å². The normalized spacial score (nSPS) is 28.4. The van der Waals surface area contributed by atoms with Crippen LogP contribution in [-0.4, -0.2) is 70.8 Å². The molecule has 4 atom stereocenters. The van der Waals surface area contributed by atoms with Crippen molar-refractivity contribution in [2.75, 3.05) is 33.2 Å². The number of rotatable bonds is 5. The molecule has 2 N–H and O–H groups in total. The fourth-order valence-corrected chi connectivity index (χ4v) is 2.72. The van der Waals surface area contributed by atoms with E-state index in [-0.39, 0.29) is 6.61 Å². The molecule has 0 aliphatic carbocycles. The molecule has 1 aliphatic heterocycles. The molecule has 2 aromatic rings. The van der Waals surface area contributed by atoms with Crippen molar-refractivity contribution < 1.29 is 19.3 Å². The molecule has 0 unspecified atom stereocenters. The largest absolute Gasteiger partial charge is 0.387 e. The molecule has 0 bridgehead atoms. The van der Waals surface area contributed by atoms with Crippen molar-refractivity contribution in [2.24, 2.45) is 0 Å². The zero-order chi connectivity index (χ0) is 15.7. The maximum atomic E-state index is 10.3. The van der Waals surface area contributed by atoms with Crippen LogP contribution in [-0.2, 0) is 14.2 Å². The minimum absolute atomic E-state index is 0.279. The first-order valence-corrected chi connectivity index (χ1v) is 6.91. The summed E-state index contributed by atoms with van der Waals surface area (Å²) < 4.78 is 18.1. The Morgan fingerprint density at radius 2 is 2.18 bits per heavy atom. The van der Waals surface area contributed by atoms with Gasteiger partial charge < -0.3 is 24.6 Å². The molecule has 9 heteroatoms. The number of aliphatic hydroxyl groups excluding tert-OH is 1.